The van der Waals surface area contributed by atoms with E-state index in [2.05, 4.69) is 20.6 Å². The second-order valence-electron chi connectivity index (χ2n) is 8.07. The summed E-state index contributed by atoms with van der Waals surface area (Å²) < 4.78 is 33.0. The minimum Gasteiger partial charge on any atom is -0.497 e. The minimum atomic E-state index is -0.915. The maximum atomic E-state index is 14.0. The summed E-state index contributed by atoms with van der Waals surface area (Å²) in [7, 11) is 1.52. The molecule has 186 valence electrons. The van der Waals surface area contributed by atoms with Crippen molar-refractivity contribution in [3.05, 3.63) is 83.3 Å². The van der Waals surface area contributed by atoms with Gasteiger partial charge in [0.25, 0.3) is 17.7 Å². The van der Waals surface area contributed by atoms with Crippen molar-refractivity contribution in [3.8, 4) is 5.75 Å². The number of piperidine rings is 1. The van der Waals surface area contributed by atoms with Gasteiger partial charge in [-0.05, 0) is 49.2 Å². The number of aromatic nitrogens is 2. The number of ether oxygens (including phenoxy) is 1. The fraction of sp³-hybridized carbons (Fsp3) is 0.240. The lowest BCUT2D eigenvalue weighted by Crippen LogP contribution is -2.47. The summed E-state index contributed by atoms with van der Waals surface area (Å²) in [5.41, 5.74) is -0.306. The van der Waals surface area contributed by atoms with E-state index in [1.54, 1.807) is 24.3 Å². The van der Waals surface area contributed by atoms with Crippen LogP contribution in [0.25, 0.3) is 0 Å². The summed E-state index contributed by atoms with van der Waals surface area (Å²) in [5.74, 6) is -2.98. The number of benzene rings is 2. The molecule has 2 N–H and O–H groups in total. The third-order valence-electron chi connectivity index (χ3n) is 5.79. The molecule has 3 aromatic rings. The van der Waals surface area contributed by atoms with Crippen LogP contribution in [-0.4, -0.2) is 58.8 Å². The first-order valence-corrected chi connectivity index (χ1v) is 11.2. The van der Waals surface area contributed by atoms with Crippen molar-refractivity contribution < 1.29 is 27.9 Å². The van der Waals surface area contributed by atoms with E-state index in [0.29, 0.717) is 24.2 Å². The van der Waals surface area contributed by atoms with E-state index in [9.17, 15) is 23.2 Å². The number of nitrogens with one attached hydrogen (secondary N) is 2. The molecular formula is C25H23F2N5O4. The highest BCUT2D eigenvalue weighted by atomic mass is 19.1. The first-order valence-electron chi connectivity index (χ1n) is 11.2. The molecule has 0 radical (unpaired) electrons. The van der Waals surface area contributed by atoms with E-state index >= 15 is 0 Å². The topological polar surface area (TPSA) is 114 Å². The van der Waals surface area contributed by atoms with Gasteiger partial charge in [0.15, 0.2) is 11.5 Å². The summed E-state index contributed by atoms with van der Waals surface area (Å²) in [6, 6.07) is 9.39. The number of rotatable bonds is 6. The Balaban J connectivity index is 1.37. The maximum absolute atomic E-state index is 14.0. The third kappa shape index (κ3) is 5.45. The summed E-state index contributed by atoms with van der Waals surface area (Å²) in [6.45, 7) is 0.415. The number of carbonyl (C=O) groups excluding carboxylic acids is 3. The fourth-order valence-electron chi connectivity index (χ4n) is 3.86. The highest BCUT2D eigenvalue weighted by molar-refractivity contribution is 6.07. The second-order valence-corrected chi connectivity index (χ2v) is 8.07. The summed E-state index contributed by atoms with van der Waals surface area (Å²) in [5, 5.41) is 5.43. The van der Waals surface area contributed by atoms with Gasteiger partial charge in [0, 0.05) is 37.1 Å². The molecule has 1 aliphatic heterocycles. The normalized spacial score (nSPS) is 13.7. The van der Waals surface area contributed by atoms with E-state index in [1.807, 2.05) is 0 Å². The standard InChI is InChI=1S/C25H23F2N5O4/c1-36-17-7-5-15(6-8-17)23(33)31-22-21(28-11-12-29-22)24(34)30-16-9-13-32(14-10-16)25(35)20-18(26)3-2-4-19(20)27/h2-8,11-12,16H,9-10,13-14H2,1H3,(H,30,34)(H,29,31,33). The second kappa shape index (κ2) is 10.9. The van der Waals surface area contributed by atoms with Crippen molar-refractivity contribution in [2.45, 2.75) is 18.9 Å². The molecular weight excluding hydrogens is 472 g/mol. The van der Waals surface area contributed by atoms with E-state index in [4.69, 9.17) is 4.74 Å². The Labute approximate surface area is 205 Å². The van der Waals surface area contributed by atoms with Gasteiger partial charge in [0.05, 0.1) is 7.11 Å². The number of hydrogen-bond acceptors (Lipinski definition) is 6. The van der Waals surface area contributed by atoms with Crippen LogP contribution in [0.4, 0.5) is 14.6 Å². The number of hydrogen-bond donors (Lipinski definition) is 2. The lowest BCUT2D eigenvalue weighted by molar-refractivity contribution is 0.0688. The Bertz CT molecular complexity index is 1260. The Morgan fingerprint density at radius 1 is 0.944 bits per heavy atom. The molecule has 9 nitrogen and oxygen atoms in total. The number of amides is 3. The molecule has 0 atom stereocenters. The predicted octanol–water partition coefficient (Wildman–Crippen LogP) is 3.05. The van der Waals surface area contributed by atoms with Crippen LogP contribution in [-0.2, 0) is 0 Å². The van der Waals surface area contributed by atoms with Crippen LogP contribution >= 0.6 is 0 Å². The minimum absolute atomic E-state index is 0.00143. The number of anilines is 1. The van der Waals surface area contributed by atoms with Crippen molar-refractivity contribution in [1.82, 2.24) is 20.2 Å². The lowest BCUT2D eigenvalue weighted by Gasteiger charge is -2.32. The zero-order valence-electron chi connectivity index (χ0n) is 19.3. The molecule has 0 spiro atoms. The van der Waals surface area contributed by atoms with Gasteiger partial charge in [-0.15, -0.1) is 0 Å². The zero-order chi connectivity index (χ0) is 25.7. The SMILES string of the molecule is COc1ccc(C(=O)Nc2nccnc2C(=O)NC2CCN(C(=O)c3c(F)cccc3F)CC2)cc1. The Kier molecular flexibility index (Phi) is 7.47. The Hall–Kier alpha value is -4.41. The van der Waals surface area contributed by atoms with Gasteiger partial charge in [0.2, 0.25) is 0 Å². The molecule has 1 fully saturated rings. The highest BCUT2D eigenvalue weighted by Gasteiger charge is 2.29. The van der Waals surface area contributed by atoms with Crippen molar-refractivity contribution in [1.29, 1.82) is 0 Å². The van der Waals surface area contributed by atoms with Gasteiger partial charge < -0.3 is 20.3 Å². The monoisotopic (exact) mass is 495 g/mol. The fourth-order valence-corrected chi connectivity index (χ4v) is 3.86. The Morgan fingerprint density at radius 3 is 2.22 bits per heavy atom. The van der Waals surface area contributed by atoms with Crippen LogP contribution in [0.3, 0.4) is 0 Å². The smallest absolute Gasteiger partial charge is 0.273 e. The van der Waals surface area contributed by atoms with Gasteiger partial charge in [-0.1, -0.05) is 6.07 Å². The van der Waals surface area contributed by atoms with Crippen molar-refractivity contribution in [2.24, 2.45) is 0 Å². The van der Waals surface area contributed by atoms with Crippen LogP contribution in [0, 0.1) is 11.6 Å². The number of nitrogens with zero attached hydrogens (tertiary/aromatic N) is 3. The van der Waals surface area contributed by atoms with Crippen LogP contribution in [0.5, 0.6) is 5.75 Å². The molecule has 0 aliphatic carbocycles. The number of likely N-dealkylation sites (tertiary alicyclic amines) is 1. The molecule has 0 saturated carbocycles. The van der Waals surface area contributed by atoms with E-state index < -0.39 is 34.9 Å². The predicted molar refractivity (Wildman–Crippen MR) is 126 cm³/mol. The third-order valence-corrected chi connectivity index (χ3v) is 5.79. The molecule has 1 saturated heterocycles. The van der Waals surface area contributed by atoms with Gasteiger partial charge in [-0.2, -0.15) is 0 Å². The van der Waals surface area contributed by atoms with Crippen molar-refractivity contribution in [3.63, 3.8) is 0 Å². The molecule has 36 heavy (non-hydrogen) atoms. The van der Waals surface area contributed by atoms with Crippen molar-refractivity contribution in [2.75, 3.05) is 25.5 Å². The van der Waals surface area contributed by atoms with Crippen molar-refractivity contribution >= 4 is 23.5 Å². The number of methoxy groups -OCH3 is 1. The molecule has 2 aromatic carbocycles. The van der Waals surface area contributed by atoms with Gasteiger partial charge in [-0.3, -0.25) is 14.4 Å². The maximum Gasteiger partial charge on any atom is 0.273 e. The van der Waals surface area contributed by atoms with Gasteiger partial charge in [-0.25, -0.2) is 18.7 Å². The Morgan fingerprint density at radius 2 is 1.58 bits per heavy atom. The van der Waals surface area contributed by atoms with Crippen LogP contribution < -0.4 is 15.4 Å². The lowest BCUT2D eigenvalue weighted by atomic mass is 10.0. The molecule has 1 aromatic heterocycles. The molecule has 2 heterocycles. The molecule has 0 unspecified atom stereocenters. The molecule has 1 aliphatic rings. The highest BCUT2D eigenvalue weighted by Crippen LogP contribution is 2.20. The van der Waals surface area contributed by atoms with Gasteiger partial charge >= 0.3 is 0 Å². The first-order chi connectivity index (χ1) is 17.4. The van der Waals surface area contributed by atoms with Crippen LogP contribution in [0.1, 0.15) is 44.0 Å². The van der Waals surface area contributed by atoms with Gasteiger partial charge in [0.1, 0.15) is 22.9 Å². The number of halogens is 2. The van der Waals surface area contributed by atoms with Crippen LogP contribution in [0.2, 0.25) is 0 Å². The summed E-state index contributed by atoms with van der Waals surface area (Å²) >= 11 is 0. The molecule has 4 rings (SSSR count). The quantitative estimate of drug-likeness (QED) is 0.544. The largest absolute Gasteiger partial charge is 0.497 e. The molecule has 0 bridgehead atoms. The molecule has 3 amide bonds. The van der Waals surface area contributed by atoms with E-state index in [1.165, 1.54) is 30.5 Å². The first kappa shape index (κ1) is 24.7. The summed E-state index contributed by atoms with van der Waals surface area (Å²) in [4.78, 5) is 47.6. The van der Waals surface area contributed by atoms with E-state index in [0.717, 1.165) is 12.1 Å². The van der Waals surface area contributed by atoms with Crippen LogP contribution in [0.15, 0.2) is 54.9 Å². The average molecular weight is 495 g/mol. The van der Waals surface area contributed by atoms with E-state index in [-0.39, 0.29) is 30.6 Å². The average Bonchev–Trinajstić information content (AvgIpc) is 2.89. The molecule has 11 heteroatoms. The zero-order valence-corrected chi connectivity index (χ0v) is 19.3. The summed E-state index contributed by atoms with van der Waals surface area (Å²) in [6.07, 6.45) is 3.44. The number of carbonyl (C=O) groups is 3.